The Kier molecular flexibility index (Phi) is 4.55. The zero-order valence-electron chi connectivity index (χ0n) is 11.5. The van der Waals surface area contributed by atoms with Crippen LogP contribution >= 0.6 is 0 Å². The highest BCUT2D eigenvalue weighted by atomic mass is 16.5. The highest BCUT2D eigenvalue weighted by molar-refractivity contribution is 5.83. The summed E-state index contributed by atoms with van der Waals surface area (Å²) in [6, 6.07) is 0. The molecule has 0 aliphatic carbocycles. The summed E-state index contributed by atoms with van der Waals surface area (Å²) in [6.07, 6.45) is 2.22. The first-order valence-corrected chi connectivity index (χ1v) is 6.40. The fourth-order valence-electron chi connectivity index (χ4n) is 1.72. The number of amides is 1. The van der Waals surface area contributed by atoms with E-state index in [2.05, 4.69) is 5.32 Å². The Hall–Kier alpha value is -0.610. The third-order valence-electron chi connectivity index (χ3n) is 3.98. The number of carbonyl (C=O) groups excluding carboxylic acids is 1. The van der Waals surface area contributed by atoms with E-state index >= 15 is 0 Å². The molecule has 3 N–H and O–H groups in total. The molecule has 0 saturated carbocycles. The highest BCUT2D eigenvalue weighted by Gasteiger charge is 2.40. The molecule has 100 valence electrons. The lowest BCUT2D eigenvalue weighted by Gasteiger charge is -2.37. The summed E-state index contributed by atoms with van der Waals surface area (Å²) in [6.45, 7) is 9.85. The number of ether oxygens (including phenoxy) is 1. The van der Waals surface area contributed by atoms with Crippen LogP contribution in [0.4, 0.5) is 0 Å². The quantitative estimate of drug-likeness (QED) is 0.781. The van der Waals surface area contributed by atoms with Crippen LogP contribution in [0.15, 0.2) is 0 Å². The molecule has 1 saturated heterocycles. The van der Waals surface area contributed by atoms with Crippen molar-refractivity contribution >= 4 is 5.91 Å². The lowest BCUT2D eigenvalue weighted by Crippen LogP contribution is -2.56. The van der Waals surface area contributed by atoms with Gasteiger partial charge >= 0.3 is 0 Å². The molecule has 1 aliphatic heterocycles. The second-order valence-electron chi connectivity index (χ2n) is 6.14. The Bertz CT molecular complexity index is 263. The van der Waals surface area contributed by atoms with Gasteiger partial charge in [0.15, 0.2) is 0 Å². The van der Waals surface area contributed by atoms with E-state index in [0.717, 1.165) is 26.1 Å². The molecule has 0 aromatic carbocycles. The lowest BCUT2D eigenvalue weighted by molar-refractivity contribution is -0.132. The van der Waals surface area contributed by atoms with Crippen LogP contribution in [-0.2, 0) is 9.53 Å². The van der Waals surface area contributed by atoms with Crippen LogP contribution in [0.25, 0.3) is 0 Å². The molecule has 4 nitrogen and oxygen atoms in total. The number of carbonyl (C=O) groups is 1. The molecule has 17 heavy (non-hydrogen) atoms. The van der Waals surface area contributed by atoms with E-state index in [-0.39, 0.29) is 5.91 Å². The van der Waals surface area contributed by atoms with Crippen molar-refractivity contribution in [2.75, 3.05) is 19.8 Å². The van der Waals surface area contributed by atoms with Gasteiger partial charge in [-0.15, -0.1) is 0 Å². The van der Waals surface area contributed by atoms with Crippen LogP contribution in [0.5, 0.6) is 0 Å². The molecule has 0 radical (unpaired) electrons. The summed E-state index contributed by atoms with van der Waals surface area (Å²) in [5, 5.41) is 3.00. The van der Waals surface area contributed by atoms with E-state index in [9.17, 15) is 4.79 Å². The molecule has 1 rings (SSSR count). The number of rotatable bonds is 4. The smallest absolute Gasteiger partial charge is 0.227 e. The summed E-state index contributed by atoms with van der Waals surface area (Å²) in [5.41, 5.74) is 4.94. The van der Waals surface area contributed by atoms with Crippen molar-refractivity contribution in [3.63, 3.8) is 0 Å². The summed E-state index contributed by atoms with van der Waals surface area (Å²) >= 11 is 0. The van der Waals surface area contributed by atoms with Crippen LogP contribution < -0.4 is 11.1 Å². The molecule has 4 heteroatoms. The Morgan fingerprint density at radius 3 is 2.53 bits per heavy atom. The van der Waals surface area contributed by atoms with Gasteiger partial charge in [0.2, 0.25) is 5.91 Å². The third-order valence-corrected chi connectivity index (χ3v) is 3.98. The second kappa shape index (κ2) is 5.36. The molecule has 0 aromatic heterocycles. The average Bonchev–Trinajstić information content (AvgIpc) is 2.25. The Morgan fingerprint density at radius 1 is 1.41 bits per heavy atom. The summed E-state index contributed by atoms with van der Waals surface area (Å²) in [7, 11) is 0. The predicted octanol–water partition coefficient (Wildman–Crippen LogP) is 1.29. The van der Waals surface area contributed by atoms with Crippen molar-refractivity contribution in [2.45, 2.75) is 46.1 Å². The van der Waals surface area contributed by atoms with Crippen LogP contribution in [-0.4, -0.2) is 31.2 Å². The zero-order valence-corrected chi connectivity index (χ0v) is 11.5. The van der Waals surface area contributed by atoms with Crippen LogP contribution in [0.2, 0.25) is 0 Å². The van der Waals surface area contributed by atoms with Gasteiger partial charge in [0.05, 0.1) is 12.0 Å². The molecular formula is C13H26N2O2. The maximum Gasteiger partial charge on any atom is 0.227 e. The minimum absolute atomic E-state index is 0.0237. The monoisotopic (exact) mass is 242 g/mol. The van der Waals surface area contributed by atoms with Crippen molar-refractivity contribution in [3.05, 3.63) is 0 Å². The standard InChI is InChI=1S/C13H26N2O2/c1-12(2,13(3,4)14)11(16)15-8-10-6-5-7-17-9-10/h10H,5-9,14H2,1-4H3,(H,15,16). The SMILES string of the molecule is CC(C)(N)C(C)(C)C(=O)NCC1CCCOC1. The summed E-state index contributed by atoms with van der Waals surface area (Å²) < 4.78 is 5.39. The van der Waals surface area contributed by atoms with Crippen molar-refractivity contribution in [2.24, 2.45) is 17.1 Å². The summed E-state index contributed by atoms with van der Waals surface area (Å²) in [5.74, 6) is 0.472. The van der Waals surface area contributed by atoms with Crippen LogP contribution in [0.1, 0.15) is 40.5 Å². The molecule has 0 bridgehead atoms. The first kappa shape index (κ1) is 14.5. The van der Waals surface area contributed by atoms with Gasteiger partial charge in [-0.3, -0.25) is 4.79 Å². The number of nitrogens with two attached hydrogens (primary N) is 1. The molecule has 1 unspecified atom stereocenters. The molecule has 1 aliphatic rings. The van der Waals surface area contributed by atoms with Crippen molar-refractivity contribution in [3.8, 4) is 0 Å². The first-order chi connectivity index (χ1) is 7.75. The van der Waals surface area contributed by atoms with Crippen molar-refractivity contribution in [1.82, 2.24) is 5.32 Å². The first-order valence-electron chi connectivity index (χ1n) is 6.40. The van der Waals surface area contributed by atoms with Gasteiger partial charge in [-0.2, -0.15) is 0 Å². The number of hydrogen-bond donors (Lipinski definition) is 2. The largest absolute Gasteiger partial charge is 0.381 e. The summed E-state index contributed by atoms with van der Waals surface area (Å²) in [4.78, 5) is 12.1. The predicted molar refractivity (Wildman–Crippen MR) is 68.6 cm³/mol. The molecule has 1 heterocycles. The van der Waals surface area contributed by atoms with Crippen molar-refractivity contribution in [1.29, 1.82) is 0 Å². The molecule has 1 amide bonds. The van der Waals surface area contributed by atoms with E-state index in [1.165, 1.54) is 0 Å². The Morgan fingerprint density at radius 2 is 2.06 bits per heavy atom. The zero-order chi connectivity index (χ0) is 13.1. The third kappa shape index (κ3) is 3.68. The average molecular weight is 242 g/mol. The molecular weight excluding hydrogens is 216 g/mol. The number of nitrogens with one attached hydrogen (secondary N) is 1. The second-order valence-corrected chi connectivity index (χ2v) is 6.14. The van der Waals surface area contributed by atoms with Crippen LogP contribution in [0.3, 0.4) is 0 Å². The molecule has 0 aromatic rings. The van der Waals surface area contributed by atoms with E-state index in [0.29, 0.717) is 12.5 Å². The maximum absolute atomic E-state index is 12.1. The number of hydrogen-bond acceptors (Lipinski definition) is 3. The van der Waals surface area contributed by atoms with Gasteiger partial charge in [0, 0.05) is 18.7 Å². The van der Waals surface area contributed by atoms with Gasteiger partial charge in [-0.25, -0.2) is 0 Å². The fraction of sp³-hybridized carbons (Fsp3) is 0.923. The van der Waals surface area contributed by atoms with Gasteiger partial charge in [-0.1, -0.05) is 0 Å². The van der Waals surface area contributed by atoms with Crippen LogP contribution in [0, 0.1) is 11.3 Å². The Balaban J connectivity index is 2.43. The minimum atomic E-state index is -0.567. The van der Waals surface area contributed by atoms with E-state index in [1.807, 2.05) is 27.7 Å². The molecule has 1 atom stereocenters. The van der Waals surface area contributed by atoms with Gasteiger partial charge in [0.25, 0.3) is 0 Å². The fourth-order valence-corrected chi connectivity index (χ4v) is 1.72. The van der Waals surface area contributed by atoms with Crippen molar-refractivity contribution < 1.29 is 9.53 Å². The van der Waals surface area contributed by atoms with Gasteiger partial charge in [0.1, 0.15) is 0 Å². The Labute approximate surface area is 104 Å². The topological polar surface area (TPSA) is 64.4 Å². The minimum Gasteiger partial charge on any atom is -0.381 e. The van der Waals surface area contributed by atoms with E-state index in [1.54, 1.807) is 0 Å². The molecule has 1 fully saturated rings. The molecule has 0 spiro atoms. The van der Waals surface area contributed by atoms with E-state index < -0.39 is 11.0 Å². The van der Waals surface area contributed by atoms with Gasteiger partial charge in [-0.05, 0) is 46.5 Å². The van der Waals surface area contributed by atoms with Gasteiger partial charge < -0.3 is 15.8 Å². The highest BCUT2D eigenvalue weighted by Crippen LogP contribution is 2.28. The maximum atomic E-state index is 12.1. The normalized spacial score (nSPS) is 22.3. The lowest BCUT2D eigenvalue weighted by atomic mass is 9.74. The van der Waals surface area contributed by atoms with E-state index in [4.69, 9.17) is 10.5 Å².